The molecule has 2 N–H and O–H groups in total. The molecule has 0 aliphatic rings. The highest BCUT2D eigenvalue weighted by atomic mass is 16.5. The Labute approximate surface area is 182 Å². The van der Waals surface area contributed by atoms with Crippen LogP contribution in [0.5, 0.6) is 5.75 Å². The Morgan fingerprint density at radius 1 is 1.06 bits per heavy atom. The molecule has 1 amide bonds. The second-order valence-electron chi connectivity index (χ2n) is 7.90. The molecule has 0 fully saturated rings. The Morgan fingerprint density at radius 2 is 1.81 bits per heavy atom. The number of amides is 1. The van der Waals surface area contributed by atoms with Crippen LogP contribution in [0.4, 0.5) is 0 Å². The second-order valence-corrected chi connectivity index (χ2v) is 7.90. The third-order valence-electron chi connectivity index (χ3n) is 5.06. The van der Waals surface area contributed by atoms with Crippen molar-refractivity contribution in [2.45, 2.75) is 39.7 Å². The summed E-state index contributed by atoms with van der Waals surface area (Å²) in [6.45, 7) is 6.93. The van der Waals surface area contributed by atoms with Gasteiger partial charge in [0.2, 0.25) is 0 Å². The van der Waals surface area contributed by atoms with E-state index in [1.807, 2.05) is 30.5 Å². The van der Waals surface area contributed by atoms with E-state index in [1.165, 1.54) is 0 Å². The van der Waals surface area contributed by atoms with Crippen molar-refractivity contribution in [2.75, 3.05) is 13.2 Å². The first-order valence-corrected chi connectivity index (χ1v) is 10.7. The molecule has 6 heteroatoms. The molecule has 0 saturated heterocycles. The maximum absolute atomic E-state index is 12.8. The molecule has 0 saturated carbocycles. The highest BCUT2D eigenvalue weighted by molar-refractivity contribution is 5.97. The summed E-state index contributed by atoms with van der Waals surface area (Å²) < 4.78 is 10.9. The fourth-order valence-electron chi connectivity index (χ4n) is 3.31. The van der Waals surface area contributed by atoms with E-state index in [2.05, 4.69) is 24.1 Å². The number of esters is 1. The number of nitrogens with one attached hydrogen (secondary N) is 2. The maximum Gasteiger partial charge on any atom is 0.328 e. The van der Waals surface area contributed by atoms with Gasteiger partial charge in [0, 0.05) is 29.1 Å². The van der Waals surface area contributed by atoms with Gasteiger partial charge in [-0.15, -0.1) is 0 Å². The lowest BCUT2D eigenvalue weighted by molar-refractivity contribution is -0.145. The van der Waals surface area contributed by atoms with Gasteiger partial charge < -0.3 is 19.8 Å². The summed E-state index contributed by atoms with van der Waals surface area (Å²) >= 11 is 0. The molecule has 3 rings (SSSR count). The molecule has 6 nitrogen and oxygen atoms in total. The van der Waals surface area contributed by atoms with Gasteiger partial charge in [0.25, 0.3) is 5.91 Å². The minimum atomic E-state index is -0.784. The quantitative estimate of drug-likeness (QED) is 0.472. The zero-order valence-electron chi connectivity index (χ0n) is 18.3. The predicted octanol–water partition coefficient (Wildman–Crippen LogP) is 4.50. The van der Waals surface area contributed by atoms with Crippen LogP contribution in [0.3, 0.4) is 0 Å². The fraction of sp³-hybridized carbons (Fsp3) is 0.360. The maximum atomic E-state index is 12.8. The van der Waals surface area contributed by atoms with Crippen LogP contribution in [-0.2, 0) is 16.0 Å². The number of aromatic nitrogens is 1. The second kappa shape index (κ2) is 10.7. The predicted molar refractivity (Wildman–Crippen MR) is 121 cm³/mol. The van der Waals surface area contributed by atoms with E-state index in [0.717, 1.165) is 28.6 Å². The lowest BCUT2D eigenvalue weighted by atomic mass is 10.0. The summed E-state index contributed by atoms with van der Waals surface area (Å²) in [6.07, 6.45) is 3.18. The molecule has 0 spiro atoms. The van der Waals surface area contributed by atoms with E-state index in [9.17, 15) is 9.59 Å². The zero-order chi connectivity index (χ0) is 22.2. The monoisotopic (exact) mass is 422 g/mol. The number of H-pyrrole nitrogens is 1. The Balaban J connectivity index is 1.69. The van der Waals surface area contributed by atoms with Gasteiger partial charge in [0.05, 0.1) is 13.2 Å². The van der Waals surface area contributed by atoms with Crippen molar-refractivity contribution in [3.05, 3.63) is 65.9 Å². The Kier molecular flexibility index (Phi) is 7.70. The number of hydrogen-bond acceptors (Lipinski definition) is 4. The zero-order valence-corrected chi connectivity index (χ0v) is 18.3. The number of para-hydroxylation sites is 1. The molecular weight excluding hydrogens is 392 g/mol. The average Bonchev–Trinajstić information content (AvgIpc) is 3.16. The highest BCUT2D eigenvalue weighted by Crippen LogP contribution is 2.20. The molecule has 0 bridgehead atoms. The van der Waals surface area contributed by atoms with Crippen molar-refractivity contribution < 1.29 is 19.1 Å². The summed E-state index contributed by atoms with van der Waals surface area (Å²) in [4.78, 5) is 28.5. The van der Waals surface area contributed by atoms with Crippen LogP contribution in [-0.4, -0.2) is 36.1 Å². The first-order chi connectivity index (χ1) is 15.0. The number of fused-ring (bicyclic) bond motifs is 1. The number of carbonyl (C=O) groups is 2. The average molecular weight is 423 g/mol. The van der Waals surface area contributed by atoms with E-state index in [-0.39, 0.29) is 12.5 Å². The van der Waals surface area contributed by atoms with Gasteiger partial charge in [-0.25, -0.2) is 4.79 Å². The van der Waals surface area contributed by atoms with Crippen LogP contribution in [0, 0.1) is 5.92 Å². The van der Waals surface area contributed by atoms with Gasteiger partial charge in [-0.05, 0) is 55.2 Å². The molecule has 1 atom stereocenters. The Bertz CT molecular complexity index is 1010. The number of rotatable bonds is 10. The normalized spacial score (nSPS) is 12.0. The van der Waals surface area contributed by atoms with Crippen molar-refractivity contribution >= 4 is 22.8 Å². The van der Waals surface area contributed by atoms with Crippen LogP contribution in [0.25, 0.3) is 10.9 Å². The molecule has 1 unspecified atom stereocenters. The summed E-state index contributed by atoms with van der Waals surface area (Å²) in [6, 6.07) is 14.0. The molecule has 0 radical (unpaired) electrons. The molecular formula is C25H30N2O4. The molecule has 3 aromatic rings. The number of ether oxygens (including phenoxy) is 2. The molecule has 31 heavy (non-hydrogen) atoms. The largest absolute Gasteiger partial charge is 0.494 e. The van der Waals surface area contributed by atoms with E-state index >= 15 is 0 Å². The van der Waals surface area contributed by atoms with Crippen molar-refractivity contribution in [1.29, 1.82) is 0 Å². The van der Waals surface area contributed by atoms with Crippen LogP contribution in [0.1, 0.15) is 43.1 Å². The number of aromatic amines is 1. The molecule has 0 aliphatic carbocycles. The molecule has 1 heterocycles. The van der Waals surface area contributed by atoms with E-state index in [4.69, 9.17) is 9.47 Å². The lowest BCUT2D eigenvalue weighted by Gasteiger charge is -2.17. The minimum Gasteiger partial charge on any atom is -0.494 e. The van der Waals surface area contributed by atoms with Gasteiger partial charge in [-0.2, -0.15) is 0 Å². The van der Waals surface area contributed by atoms with E-state index in [1.54, 1.807) is 31.2 Å². The summed E-state index contributed by atoms with van der Waals surface area (Å²) in [5.74, 6) is 0.515. The summed E-state index contributed by atoms with van der Waals surface area (Å²) in [5.41, 5.74) is 2.40. The third kappa shape index (κ3) is 6.10. The number of hydrogen-bond donors (Lipinski definition) is 2. The van der Waals surface area contributed by atoms with Crippen LogP contribution in [0.2, 0.25) is 0 Å². The Hall–Kier alpha value is -3.28. The van der Waals surface area contributed by atoms with Crippen molar-refractivity contribution in [3.63, 3.8) is 0 Å². The van der Waals surface area contributed by atoms with E-state index < -0.39 is 12.0 Å². The highest BCUT2D eigenvalue weighted by Gasteiger charge is 2.24. The van der Waals surface area contributed by atoms with E-state index in [0.29, 0.717) is 24.5 Å². The third-order valence-corrected chi connectivity index (χ3v) is 5.06. The number of carbonyl (C=O) groups excluding carboxylic acids is 2. The summed E-state index contributed by atoms with van der Waals surface area (Å²) in [7, 11) is 0. The Morgan fingerprint density at radius 3 is 2.52 bits per heavy atom. The van der Waals surface area contributed by atoms with Crippen molar-refractivity contribution in [1.82, 2.24) is 10.3 Å². The molecule has 164 valence electrons. The van der Waals surface area contributed by atoms with Crippen LogP contribution in [0.15, 0.2) is 54.7 Å². The fourth-order valence-corrected chi connectivity index (χ4v) is 3.31. The van der Waals surface area contributed by atoms with Gasteiger partial charge in [-0.3, -0.25) is 4.79 Å². The van der Waals surface area contributed by atoms with Crippen molar-refractivity contribution in [3.8, 4) is 5.75 Å². The number of benzene rings is 2. The molecule has 2 aromatic carbocycles. The van der Waals surface area contributed by atoms with Gasteiger partial charge in [0.15, 0.2) is 0 Å². The smallest absolute Gasteiger partial charge is 0.328 e. The van der Waals surface area contributed by atoms with Crippen LogP contribution < -0.4 is 10.1 Å². The van der Waals surface area contributed by atoms with Gasteiger partial charge >= 0.3 is 5.97 Å². The van der Waals surface area contributed by atoms with Crippen LogP contribution >= 0.6 is 0 Å². The van der Waals surface area contributed by atoms with Crippen molar-refractivity contribution in [2.24, 2.45) is 5.92 Å². The summed E-state index contributed by atoms with van der Waals surface area (Å²) in [5, 5.41) is 3.85. The lowest BCUT2D eigenvalue weighted by Crippen LogP contribution is -2.43. The SMILES string of the molecule is CCOC(=O)C(Cc1c[nH]c2ccccc12)NC(=O)c1ccc(OCCC(C)C)cc1. The minimum absolute atomic E-state index is 0.251. The standard InChI is InChI=1S/C25H30N2O4/c1-4-30-25(29)23(15-19-16-26-22-8-6-5-7-21(19)22)27-24(28)18-9-11-20(12-10-18)31-14-13-17(2)3/h5-12,16-17,23,26H,4,13-15H2,1-3H3,(H,27,28). The molecule has 1 aromatic heterocycles. The first-order valence-electron chi connectivity index (χ1n) is 10.7. The topological polar surface area (TPSA) is 80.4 Å². The first kappa shape index (κ1) is 22.4. The van der Waals surface area contributed by atoms with Gasteiger partial charge in [-0.1, -0.05) is 32.0 Å². The van der Waals surface area contributed by atoms with Gasteiger partial charge in [0.1, 0.15) is 11.8 Å². The molecule has 0 aliphatic heterocycles.